The van der Waals surface area contributed by atoms with E-state index in [0.29, 0.717) is 13.1 Å². The van der Waals surface area contributed by atoms with Crippen molar-refractivity contribution in [3.8, 4) is 0 Å². The minimum absolute atomic E-state index is 0.170. The van der Waals surface area contributed by atoms with Crippen molar-refractivity contribution in [1.29, 1.82) is 0 Å². The second-order valence-corrected chi connectivity index (χ2v) is 4.07. The molecule has 1 unspecified atom stereocenters. The molecule has 0 fully saturated rings. The molecule has 19 heavy (non-hydrogen) atoms. The van der Waals surface area contributed by atoms with Crippen LogP contribution in [0.4, 0.5) is 4.79 Å². The first-order valence-corrected chi connectivity index (χ1v) is 6.30. The topological polar surface area (TPSA) is 66.8 Å². The fraction of sp³-hybridized carbons (Fsp3) is 0.429. The van der Waals surface area contributed by atoms with Crippen LogP contribution in [0.1, 0.15) is 19.4 Å². The molecular weight excluding hydrogens is 246 g/mol. The fourth-order valence-electron chi connectivity index (χ4n) is 1.69. The molecule has 0 aliphatic carbocycles. The standard InChI is InChI=1S/C14H19NO4/c1-3-15(4-2)14(18)19-12(13(16)17)10-11-8-6-5-7-9-11/h5-9,12H,3-4,10H2,1-2H3,(H,16,17). The van der Waals surface area contributed by atoms with E-state index in [1.165, 1.54) is 4.90 Å². The Morgan fingerprint density at radius 2 is 1.79 bits per heavy atom. The predicted octanol–water partition coefficient (Wildman–Crippen LogP) is 2.16. The highest BCUT2D eigenvalue weighted by Crippen LogP contribution is 2.08. The van der Waals surface area contributed by atoms with E-state index in [0.717, 1.165) is 5.56 Å². The minimum Gasteiger partial charge on any atom is -0.478 e. The summed E-state index contributed by atoms with van der Waals surface area (Å²) >= 11 is 0. The van der Waals surface area contributed by atoms with E-state index in [2.05, 4.69) is 0 Å². The van der Waals surface area contributed by atoms with Gasteiger partial charge in [-0.15, -0.1) is 0 Å². The van der Waals surface area contributed by atoms with Gasteiger partial charge in [-0.3, -0.25) is 0 Å². The Kier molecular flexibility index (Phi) is 5.85. The summed E-state index contributed by atoms with van der Waals surface area (Å²) in [7, 11) is 0. The van der Waals surface area contributed by atoms with E-state index in [1.807, 2.05) is 32.0 Å². The molecule has 1 aromatic rings. The number of carboxylic acids is 1. The van der Waals surface area contributed by atoms with Crippen LogP contribution in [0.2, 0.25) is 0 Å². The summed E-state index contributed by atoms with van der Waals surface area (Å²) in [5.74, 6) is -1.13. The molecule has 0 aromatic heterocycles. The molecule has 0 aliphatic rings. The molecule has 5 nitrogen and oxygen atoms in total. The summed E-state index contributed by atoms with van der Waals surface area (Å²) in [6, 6.07) is 9.10. The predicted molar refractivity (Wildman–Crippen MR) is 71.0 cm³/mol. The van der Waals surface area contributed by atoms with Crippen LogP contribution in [-0.4, -0.2) is 41.3 Å². The van der Waals surface area contributed by atoms with Crippen molar-refractivity contribution in [1.82, 2.24) is 4.90 Å². The van der Waals surface area contributed by atoms with Crippen molar-refractivity contribution in [2.75, 3.05) is 13.1 Å². The second kappa shape index (κ2) is 7.41. The zero-order chi connectivity index (χ0) is 14.3. The van der Waals surface area contributed by atoms with Crippen LogP contribution in [0.25, 0.3) is 0 Å². The first kappa shape index (κ1) is 15.0. The van der Waals surface area contributed by atoms with Gasteiger partial charge in [0.15, 0.2) is 0 Å². The average Bonchev–Trinajstić information content (AvgIpc) is 2.40. The summed E-state index contributed by atoms with van der Waals surface area (Å²) in [5, 5.41) is 9.11. The lowest BCUT2D eigenvalue weighted by atomic mass is 10.1. The van der Waals surface area contributed by atoms with Crippen molar-refractivity contribution in [3.05, 3.63) is 35.9 Å². The monoisotopic (exact) mass is 265 g/mol. The third-order valence-electron chi connectivity index (χ3n) is 2.80. The number of carboxylic acid groups (broad SMARTS) is 1. The van der Waals surface area contributed by atoms with E-state index in [1.54, 1.807) is 12.1 Å². The van der Waals surface area contributed by atoms with Crippen molar-refractivity contribution in [2.24, 2.45) is 0 Å². The summed E-state index contributed by atoms with van der Waals surface area (Å²) in [5.41, 5.74) is 0.822. The molecule has 1 N–H and O–H groups in total. The molecule has 0 saturated heterocycles. The third kappa shape index (κ3) is 4.62. The second-order valence-electron chi connectivity index (χ2n) is 4.07. The van der Waals surface area contributed by atoms with Crippen LogP contribution < -0.4 is 0 Å². The van der Waals surface area contributed by atoms with E-state index in [-0.39, 0.29) is 6.42 Å². The van der Waals surface area contributed by atoms with Crippen LogP contribution in [0.15, 0.2) is 30.3 Å². The molecule has 0 radical (unpaired) electrons. The lowest BCUT2D eigenvalue weighted by Gasteiger charge is -2.21. The highest BCUT2D eigenvalue weighted by molar-refractivity contribution is 5.77. The lowest BCUT2D eigenvalue weighted by Crippen LogP contribution is -2.37. The molecule has 0 bridgehead atoms. The number of ether oxygens (including phenoxy) is 1. The molecular formula is C14H19NO4. The molecule has 0 saturated carbocycles. The number of nitrogens with zero attached hydrogens (tertiary/aromatic N) is 1. The Morgan fingerprint density at radius 3 is 2.26 bits per heavy atom. The fourth-order valence-corrected chi connectivity index (χ4v) is 1.69. The number of carbonyl (C=O) groups excluding carboxylic acids is 1. The Bertz CT molecular complexity index is 415. The number of amides is 1. The summed E-state index contributed by atoms with van der Waals surface area (Å²) in [4.78, 5) is 24.3. The van der Waals surface area contributed by atoms with Gasteiger partial charge >= 0.3 is 12.1 Å². The highest BCUT2D eigenvalue weighted by Gasteiger charge is 2.24. The van der Waals surface area contributed by atoms with Crippen LogP contribution >= 0.6 is 0 Å². The first-order valence-electron chi connectivity index (χ1n) is 6.30. The Hall–Kier alpha value is -2.04. The molecule has 0 heterocycles. The van der Waals surface area contributed by atoms with E-state index < -0.39 is 18.2 Å². The Morgan fingerprint density at radius 1 is 1.21 bits per heavy atom. The quantitative estimate of drug-likeness (QED) is 0.856. The largest absolute Gasteiger partial charge is 0.478 e. The maximum absolute atomic E-state index is 11.8. The summed E-state index contributed by atoms with van der Waals surface area (Å²) in [6.07, 6.45) is -1.58. The summed E-state index contributed by atoms with van der Waals surface area (Å²) in [6.45, 7) is 4.62. The zero-order valence-electron chi connectivity index (χ0n) is 11.2. The van der Waals surface area contributed by atoms with Gasteiger partial charge in [0.2, 0.25) is 6.10 Å². The molecule has 0 aliphatic heterocycles. The van der Waals surface area contributed by atoms with Crippen molar-refractivity contribution < 1.29 is 19.4 Å². The molecule has 104 valence electrons. The normalized spacial score (nSPS) is 11.7. The van der Waals surface area contributed by atoms with Crippen molar-refractivity contribution in [3.63, 3.8) is 0 Å². The van der Waals surface area contributed by atoms with Gasteiger partial charge in [-0.05, 0) is 19.4 Å². The van der Waals surface area contributed by atoms with Gasteiger partial charge in [0, 0.05) is 19.5 Å². The van der Waals surface area contributed by atoms with E-state index in [4.69, 9.17) is 9.84 Å². The van der Waals surface area contributed by atoms with Crippen molar-refractivity contribution >= 4 is 12.1 Å². The number of hydrogen-bond acceptors (Lipinski definition) is 3. The Balaban J connectivity index is 2.69. The van der Waals surface area contributed by atoms with Gasteiger partial charge in [-0.1, -0.05) is 30.3 Å². The number of aliphatic carboxylic acids is 1. The van der Waals surface area contributed by atoms with Gasteiger partial charge in [0.25, 0.3) is 0 Å². The van der Waals surface area contributed by atoms with E-state index >= 15 is 0 Å². The SMILES string of the molecule is CCN(CC)C(=O)OC(Cc1ccccc1)C(=O)O. The van der Waals surface area contributed by atoms with Crippen LogP contribution in [0.5, 0.6) is 0 Å². The average molecular weight is 265 g/mol. The van der Waals surface area contributed by atoms with Gasteiger partial charge < -0.3 is 14.7 Å². The van der Waals surface area contributed by atoms with Crippen LogP contribution in [-0.2, 0) is 16.0 Å². The van der Waals surface area contributed by atoms with Gasteiger partial charge in [-0.2, -0.15) is 0 Å². The summed E-state index contributed by atoms with van der Waals surface area (Å²) < 4.78 is 5.05. The maximum Gasteiger partial charge on any atom is 0.410 e. The van der Waals surface area contributed by atoms with Crippen LogP contribution in [0, 0.1) is 0 Å². The molecule has 1 amide bonds. The highest BCUT2D eigenvalue weighted by atomic mass is 16.6. The van der Waals surface area contributed by atoms with Crippen LogP contribution in [0.3, 0.4) is 0 Å². The third-order valence-corrected chi connectivity index (χ3v) is 2.80. The van der Waals surface area contributed by atoms with Crippen molar-refractivity contribution in [2.45, 2.75) is 26.4 Å². The molecule has 5 heteroatoms. The molecule has 1 atom stereocenters. The van der Waals surface area contributed by atoms with Gasteiger partial charge in [0.05, 0.1) is 0 Å². The number of hydrogen-bond donors (Lipinski definition) is 1. The molecule has 1 aromatic carbocycles. The zero-order valence-corrected chi connectivity index (χ0v) is 11.2. The smallest absolute Gasteiger partial charge is 0.410 e. The molecule has 0 spiro atoms. The van der Waals surface area contributed by atoms with Gasteiger partial charge in [0.1, 0.15) is 0 Å². The number of rotatable bonds is 6. The minimum atomic E-state index is -1.16. The number of benzene rings is 1. The lowest BCUT2D eigenvalue weighted by molar-refractivity contribution is -0.147. The van der Waals surface area contributed by atoms with E-state index in [9.17, 15) is 9.59 Å². The maximum atomic E-state index is 11.8. The van der Waals surface area contributed by atoms with Gasteiger partial charge in [-0.25, -0.2) is 9.59 Å². The Labute approximate surface area is 112 Å². The molecule has 1 rings (SSSR count). The first-order chi connectivity index (χ1) is 9.08. The number of carbonyl (C=O) groups is 2.